The second-order valence-electron chi connectivity index (χ2n) is 3.60. The number of imidazole rings is 1. The summed E-state index contributed by atoms with van der Waals surface area (Å²) in [6.45, 7) is -0.675. The first-order chi connectivity index (χ1) is 8.63. The third-order valence-electron chi connectivity index (χ3n) is 2.35. The Balaban J connectivity index is 2.15. The van der Waals surface area contributed by atoms with E-state index in [1.54, 1.807) is 6.07 Å². The molecule has 0 saturated heterocycles. The summed E-state index contributed by atoms with van der Waals surface area (Å²) in [6.07, 6.45) is -0.916. The second kappa shape index (κ2) is 5.27. The van der Waals surface area contributed by atoms with Gasteiger partial charge in [-0.3, -0.25) is 0 Å². The zero-order valence-corrected chi connectivity index (χ0v) is 9.19. The van der Waals surface area contributed by atoms with Crippen LogP contribution in [0.25, 0.3) is 11.5 Å². The summed E-state index contributed by atoms with van der Waals surface area (Å²) in [5.74, 6) is 0.344. The normalized spacial score (nSPS) is 14.9. The van der Waals surface area contributed by atoms with E-state index >= 15 is 0 Å². The third kappa shape index (κ3) is 2.41. The lowest BCUT2D eigenvalue weighted by Crippen LogP contribution is -2.35. The minimum atomic E-state index is -1.61. The summed E-state index contributed by atoms with van der Waals surface area (Å²) in [5, 5.41) is 40.7. The lowest BCUT2D eigenvalue weighted by atomic mass is 10.1. The number of H-pyrrole nitrogens is 1. The Kier molecular flexibility index (Phi) is 3.72. The highest BCUT2D eigenvalue weighted by molar-refractivity contribution is 5.48. The lowest BCUT2D eigenvalue weighted by molar-refractivity contribution is -0.0304. The molecule has 0 bridgehead atoms. The molecule has 5 N–H and O–H groups in total. The molecule has 0 spiro atoms. The van der Waals surface area contributed by atoms with Crippen LogP contribution in [0, 0.1) is 6.10 Å². The van der Waals surface area contributed by atoms with Gasteiger partial charge in [0.15, 0.2) is 11.9 Å². The van der Waals surface area contributed by atoms with Crippen molar-refractivity contribution in [3.63, 3.8) is 0 Å². The Bertz CT molecular complexity index is 483. The van der Waals surface area contributed by atoms with Gasteiger partial charge >= 0.3 is 0 Å². The van der Waals surface area contributed by atoms with Gasteiger partial charge in [0.2, 0.25) is 0 Å². The van der Waals surface area contributed by atoms with Crippen LogP contribution in [0.5, 0.6) is 0 Å². The van der Waals surface area contributed by atoms with E-state index in [1.807, 2.05) is 0 Å². The van der Waals surface area contributed by atoms with Crippen molar-refractivity contribution in [1.29, 1.82) is 0 Å². The van der Waals surface area contributed by atoms with Crippen LogP contribution in [0.1, 0.15) is 5.69 Å². The minimum absolute atomic E-state index is 0.0491. The topological polar surface area (TPSA) is 136 Å². The van der Waals surface area contributed by atoms with E-state index in [1.165, 1.54) is 12.5 Å². The van der Waals surface area contributed by atoms with Crippen LogP contribution in [0.4, 0.5) is 0 Å². The van der Waals surface area contributed by atoms with Gasteiger partial charge in [0.05, 0.1) is 12.3 Å². The molecule has 0 aromatic carbocycles. The summed E-state index contributed by atoms with van der Waals surface area (Å²) in [5.41, 5.74) is 0.485. The molecular formula is C10H12N3O5. The van der Waals surface area contributed by atoms with Crippen LogP contribution in [-0.4, -0.2) is 54.4 Å². The van der Waals surface area contributed by atoms with Crippen molar-refractivity contribution >= 4 is 0 Å². The van der Waals surface area contributed by atoms with Crippen LogP contribution in [0.3, 0.4) is 0 Å². The van der Waals surface area contributed by atoms with Crippen molar-refractivity contribution in [2.45, 2.75) is 12.2 Å². The van der Waals surface area contributed by atoms with Crippen molar-refractivity contribution in [2.75, 3.05) is 6.61 Å². The van der Waals surface area contributed by atoms with E-state index in [4.69, 9.17) is 5.11 Å². The average Bonchev–Trinajstić information content (AvgIpc) is 3.05. The molecule has 0 aliphatic rings. The molecule has 2 unspecified atom stereocenters. The number of nitrogens with zero attached hydrogens (tertiary/aromatic N) is 2. The number of rotatable bonds is 5. The molecule has 0 aliphatic carbocycles. The maximum absolute atomic E-state index is 9.67. The quantitative estimate of drug-likeness (QED) is 0.463. The predicted molar refractivity (Wildman–Crippen MR) is 57.5 cm³/mol. The van der Waals surface area contributed by atoms with Crippen LogP contribution in [-0.2, 0) is 0 Å². The Morgan fingerprint density at radius 1 is 1.44 bits per heavy atom. The van der Waals surface area contributed by atoms with Gasteiger partial charge in [-0.15, -0.1) is 0 Å². The minimum Gasteiger partial charge on any atom is -0.394 e. The maximum atomic E-state index is 9.67. The molecule has 2 atom stereocenters. The molecule has 97 valence electrons. The standard InChI is InChI=1S/C10H12N3O5/c14-4-7(15)9(17)8(16)6-3-11-10(12-6)5-1-2-18-13-5/h1-3,7,9,14-17H,4H2,(H,11,12). The first kappa shape index (κ1) is 12.7. The van der Waals surface area contributed by atoms with E-state index in [0.717, 1.165) is 0 Å². The summed E-state index contributed by atoms with van der Waals surface area (Å²) in [6, 6.07) is 1.57. The second-order valence-corrected chi connectivity index (χ2v) is 3.60. The number of aliphatic hydroxyl groups excluding tert-OH is 4. The van der Waals surface area contributed by atoms with Gasteiger partial charge in [-0.2, -0.15) is 0 Å². The van der Waals surface area contributed by atoms with Crippen molar-refractivity contribution in [3.05, 3.63) is 30.3 Å². The molecule has 2 aromatic rings. The van der Waals surface area contributed by atoms with Crippen LogP contribution in [0.15, 0.2) is 23.0 Å². The van der Waals surface area contributed by atoms with Crippen LogP contribution < -0.4 is 0 Å². The highest BCUT2D eigenvalue weighted by atomic mass is 16.5. The predicted octanol–water partition coefficient (Wildman–Crippen LogP) is -0.969. The maximum Gasteiger partial charge on any atom is 0.173 e. The van der Waals surface area contributed by atoms with E-state index in [-0.39, 0.29) is 5.69 Å². The van der Waals surface area contributed by atoms with Crippen LogP contribution >= 0.6 is 0 Å². The summed E-state index contributed by atoms with van der Waals surface area (Å²) >= 11 is 0. The zero-order chi connectivity index (χ0) is 13.1. The van der Waals surface area contributed by atoms with E-state index in [0.29, 0.717) is 11.5 Å². The van der Waals surface area contributed by atoms with E-state index in [2.05, 4.69) is 19.6 Å². The number of aliphatic hydroxyl groups is 4. The Hall–Kier alpha value is -1.74. The summed E-state index contributed by atoms with van der Waals surface area (Å²) in [7, 11) is 0. The fraction of sp³-hybridized carbons (Fsp3) is 0.300. The molecule has 18 heavy (non-hydrogen) atoms. The van der Waals surface area contributed by atoms with Gasteiger partial charge in [-0.05, 0) is 0 Å². The number of hydrogen-bond donors (Lipinski definition) is 5. The number of aromatic nitrogens is 3. The van der Waals surface area contributed by atoms with Crippen molar-refractivity contribution in [3.8, 4) is 11.5 Å². The number of hydrogen-bond acceptors (Lipinski definition) is 7. The summed E-state index contributed by atoms with van der Waals surface area (Å²) in [4.78, 5) is 6.70. The Morgan fingerprint density at radius 2 is 2.22 bits per heavy atom. The molecule has 8 heteroatoms. The average molecular weight is 254 g/mol. The molecule has 0 amide bonds. The first-order valence-corrected chi connectivity index (χ1v) is 5.12. The Morgan fingerprint density at radius 3 is 2.83 bits per heavy atom. The van der Waals surface area contributed by atoms with Gasteiger partial charge in [-0.1, -0.05) is 5.16 Å². The lowest BCUT2D eigenvalue weighted by Gasteiger charge is -2.18. The Labute approximate surface area is 102 Å². The van der Waals surface area contributed by atoms with Gasteiger partial charge in [-0.25, -0.2) is 4.98 Å². The van der Waals surface area contributed by atoms with E-state index in [9.17, 15) is 15.3 Å². The van der Waals surface area contributed by atoms with E-state index < -0.39 is 24.9 Å². The summed E-state index contributed by atoms with van der Waals surface area (Å²) < 4.78 is 4.64. The molecule has 0 saturated carbocycles. The van der Waals surface area contributed by atoms with Crippen molar-refractivity contribution in [1.82, 2.24) is 15.1 Å². The molecule has 0 aliphatic heterocycles. The monoisotopic (exact) mass is 254 g/mol. The number of aromatic amines is 1. The van der Waals surface area contributed by atoms with Gasteiger partial charge in [0.25, 0.3) is 0 Å². The molecule has 2 heterocycles. The molecule has 2 aromatic heterocycles. The molecule has 2 rings (SSSR count). The number of nitrogens with one attached hydrogen (secondary N) is 1. The highest BCUT2D eigenvalue weighted by Crippen LogP contribution is 2.20. The SMILES string of the molecule is OCC(O)C(O)[C](O)c1c[nH]c(-c2ccon2)n1. The van der Waals surface area contributed by atoms with Gasteiger partial charge in [0, 0.05) is 12.3 Å². The van der Waals surface area contributed by atoms with Crippen LogP contribution in [0.2, 0.25) is 0 Å². The van der Waals surface area contributed by atoms with Crippen molar-refractivity contribution < 1.29 is 24.9 Å². The smallest absolute Gasteiger partial charge is 0.173 e. The third-order valence-corrected chi connectivity index (χ3v) is 2.35. The molecule has 8 nitrogen and oxygen atoms in total. The first-order valence-electron chi connectivity index (χ1n) is 5.12. The molecule has 0 fully saturated rings. The van der Waals surface area contributed by atoms with Gasteiger partial charge in [0.1, 0.15) is 24.2 Å². The fourth-order valence-corrected chi connectivity index (χ4v) is 1.35. The van der Waals surface area contributed by atoms with Gasteiger partial charge < -0.3 is 29.9 Å². The molecular weight excluding hydrogens is 242 g/mol. The zero-order valence-electron chi connectivity index (χ0n) is 9.19. The largest absolute Gasteiger partial charge is 0.394 e. The molecule has 1 radical (unpaired) electrons. The highest BCUT2D eigenvalue weighted by Gasteiger charge is 2.28. The van der Waals surface area contributed by atoms with Crippen molar-refractivity contribution in [2.24, 2.45) is 0 Å². The fourth-order valence-electron chi connectivity index (χ4n) is 1.35.